The molecule has 0 unspecified atom stereocenters. The van der Waals surface area contributed by atoms with Crippen LogP contribution in [0.3, 0.4) is 0 Å². The fraction of sp³-hybridized carbons (Fsp3) is 0.250. The zero-order valence-electron chi connectivity index (χ0n) is 16.7. The Bertz CT molecular complexity index is 1010. The first-order valence-electron chi connectivity index (χ1n) is 9.22. The van der Waals surface area contributed by atoms with Crippen molar-refractivity contribution in [2.75, 3.05) is 24.7 Å². The summed E-state index contributed by atoms with van der Waals surface area (Å²) in [5.74, 6) is 0.425. The molecule has 30 heavy (non-hydrogen) atoms. The van der Waals surface area contributed by atoms with Crippen molar-refractivity contribution in [2.24, 2.45) is 7.05 Å². The molecule has 0 spiro atoms. The molecule has 0 saturated heterocycles. The van der Waals surface area contributed by atoms with Gasteiger partial charge in [0.1, 0.15) is 5.75 Å². The molecule has 2 amide bonds. The molecule has 2 N–H and O–H groups in total. The Kier molecular flexibility index (Phi) is 7.39. The van der Waals surface area contributed by atoms with Gasteiger partial charge in [-0.15, -0.1) is 5.10 Å². The lowest BCUT2D eigenvalue weighted by Gasteiger charge is -2.11. The van der Waals surface area contributed by atoms with Crippen LogP contribution in [0.1, 0.15) is 15.9 Å². The molecule has 156 valence electrons. The first-order chi connectivity index (χ1) is 14.6. The molecule has 1 aromatic heterocycles. The number of hydrogen-bond acceptors (Lipinski definition) is 7. The Morgan fingerprint density at radius 1 is 1.13 bits per heavy atom. The smallest absolute Gasteiger partial charge is 0.253 e. The van der Waals surface area contributed by atoms with Gasteiger partial charge >= 0.3 is 0 Å². The highest BCUT2D eigenvalue weighted by Crippen LogP contribution is 2.17. The SMILES string of the molecule is COc1ccc(CCNC(=O)c2ccccc2NC(=O)CSc2nnnn2C)cc1. The van der Waals surface area contributed by atoms with Crippen LogP contribution in [0.25, 0.3) is 0 Å². The molecule has 0 bridgehead atoms. The average Bonchev–Trinajstić information content (AvgIpc) is 3.18. The summed E-state index contributed by atoms with van der Waals surface area (Å²) < 4.78 is 6.63. The second-order valence-electron chi connectivity index (χ2n) is 6.32. The molecular weight excluding hydrogens is 404 g/mol. The minimum Gasteiger partial charge on any atom is -0.497 e. The summed E-state index contributed by atoms with van der Waals surface area (Å²) in [5, 5.41) is 17.3. The predicted molar refractivity (Wildman–Crippen MR) is 114 cm³/mol. The number of rotatable bonds is 9. The third kappa shape index (κ3) is 5.80. The van der Waals surface area contributed by atoms with Crippen LogP contribution in [0.4, 0.5) is 5.69 Å². The lowest BCUT2D eigenvalue weighted by atomic mass is 10.1. The zero-order chi connectivity index (χ0) is 21.3. The minimum atomic E-state index is -0.249. The van der Waals surface area contributed by atoms with Crippen LogP contribution >= 0.6 is 11.8 Å². The van der Waals surface area contributed by atoms with Gasteiger partial charge in [0.25, 0.3) is 5.91 Å². The zero-order valence-corrected chi connectivity index (χ0v) is 17.5. The number of anilines is 1. The van der Waals surface area contributed by atoms with Crippen LogP contribution in [-0.2, 0) is 18.3 Å². The number of nitrogens with one attached hydrogen (secondary N) is 2. The van der Waals surface area contributed by atoms with Gasteiger partial charge in [0.2, 0.25) is 11.1 Å². The summed E-state index contributed by atoms with van der Waals surface area (Å²) in [7, 11) is 3.32. The lowest BCUT2D eigenvalue weighted by molar-refractivity contribution is -0.113. The maximum absolute atomic E-state index is 12.6. The van der Waals surface area contributed by atoms with Gasteiger partial charge in [-0.25, -0.2) is 4.68 Å². The summed E-state index contributed by atoms with van der Waals surface area (Å²) in [6.45, 7) is 0.475. The van der Waals surface area contributed by atoms with E-state index in [1.807, 2.05) is 24.3 Å². The van der Waals surface area contributed by atoms with E-state index in [4.69, 9.17) is 4.74 Å². The third-order valence-electron chi connectivity index (χ3n) is 4.22. The number of carbonyl (C=O) groups is 2. The normalized spacial score (nSPS) is 10.5. The second kappa shape index (κ2) is 10.4. The molecule has 3 aromatic rings. The number of tetrazole rings is 1. The van der Waals surface area contributed by atoms with Crippen LogP contribution in [0.15, 0.2) is 53.7 Å². The topological polar surface area (TPSA) is 111 Å². The number of methoxy groups -OCH3 is 1. The molecule has 0 atom stereocenters. The molecule has 9 nitrogen and oxygen atoms in total. The summed E-state index contributed by atoms with van der Waals surface area (Å²) in [5.41, 5.74) is 1.96. The highest BCUT2D eigenvalue weighted by Gasteiger charge is 2.14. The van der Waals surface area contributed by atoms with Crippen LogP contribution in [0, 0.1) is 0 Å². The predicted octanol–water partition coefficient (Wildman–Crippen LogP) is 1.92. The maximum atomic E-state index is 12.6. The Labute approximate surface area is 178 Å². The van der Waals surface area contributed by atoms with Crippen molar-refractivity contribution in [3.63, 3.8) is 0 Å². The highest BCUT2D eigenvalue weighted by molar-refractivity contribution is 7.99. The molecule has 0 fully saturated rings. The highest BCUT2D eigenvalue weighted by atomic mass is 32.2. The number of benzene rings is 2. The molecule has 1 heterocycles. The quantitative estimate of drug-likeness (QED) is 0.503. The number of amides is 2. The van der Waals surface area contributed by atoms with Crippen molar-refractivity contribution >= 4 is 29.3 Å². The summed E-state index contributed by atoms with van der Waals surface area (Å²) in [6, 6.07) is 14.6. The Balaban J connectivity index is 1.53. The van der Waals surface area contributed by atoms with Crippen molar-refractivity contribution in [2.45, 2.75) is 11.6 Å². The number of hydrogen-bond donors (Lipinski definition) is 2. The second-order valence-corrected chi connectivity index (χ2v) is 7.26. The van der Waals surface area contributed by atoms with Crippen LogP contribution in [-0.4, -0.2) is 51.4 Å². The van der Waals surface area contributed by atoms with Crippen molar-refractivity contribution in [3.8, 4) is 5.75 Å². The van der Waals surface area contributed by atoms with Gasteiger partial charge in [-0.1, -0.05) is 36.0 Å². The van der Waals surface area contributed by atoms with E-state index in [9.17, 15) is 9.59 Å². The molecule has 0 aliphatic heterocycles. The number of aromatic nitrogens is 4. The van der Waals surface area contributed by atoms with Gasteiger partial charge in [-0.05, 0) is 46.7 Å². The summed E-state index contributed by atoms with van der Waals surface area (Å²) in [6.07, 6.45) is 0.687. The number of ether oxygens (including phenoxy) is 1. The Morgan fingerprint density at radius 3 is 2.60 bits per heavy atom. The van der Waals surface area contributed by atoms with Crippen LogP contribution < -0.4 is 15.4 Å². The van der Waals surface area contributed by atoms with Gasteiger partial charge in [0, 0.05) is 13.6 Å². The monoisotopic (exact) mass is 426 g/mol. The van der Waals surface area contributed by atoms with Gasteiger partial charge in [-0.2, -0.15) is 0 Å². The van der Waals surface area contributed by atoms with E-state index in [2.05, 4.69) is 26.2 Å². The van der Waals surface area contributed by atoms with Gasteiger partial charge in [0.15, 0.2) is 0 Å². The van der Waals surface area contributed by atoms with Crippen LogP contribution in [0.2, 0.25) is 0 Å². The van der Waals surface area contributed by atoms with E-state index in [1.54, 1.807) is 38.4 Å². The molecule has 0 saturated carbocycles. The van der Waals surface area contributed by atoms with Gasteiger partial charge in [-0.3, -0.25) is 9.59 Å². The van der Waals surface area contributed by atoms with Crippen molar-refractivity contribution < 1.29 is 14.3 Å². The number of para-hydroxylation sites is 1. The van der Waals surface area contributed by atoms with Crippen molar-refractivity contribution in [1.29, 1.82) is 0 Å². The summed E-state index contributed by atoms with van der Waals surface area (Å²) in [4.78, 5) is 24.9. The van der Waals surface area contributed by atoms with E-state index in [1.165, 1.54) is 16.4 Å². The molecule has 2 aromatic carbocycles. The Morgan fingerprint density at radius 2 is 1.90 bits per heavy atom. The average molecular weight is 427 g/mol. The molecule has 3 rings (SSSR count). The maximum Gasteiger partial charge on any atom is 0.253 e. The van der Waals surface area contributed by atoms with Gasteiger partial charge in [0.05, 0.1) is 24.1 Å². The molecule has 0 aliphatic carbocycles. The van der Waals surface area contributed by atoms with E-state index in [0.717, 1.165) is 11.3 Å². The van der Waals surface area contributed by atoms with Crippen molar-refractivity contribution in [1.82, 2.24) is 25.5 Å². The van der Waals surface area contributed by atoms with E-state index < -0.39 is 0 Å². The molecular formula is C20H22N6O3S. The number of aryl methyl sites for hydroxylation is 1. The third-order valence-corrected chi connectivity index (χ3v) is 5.23. The fourth-order valence-corrected chi connectivity index (χ4v) is 3.31. The van der Waals surface area contributed by atoms with Crippen LogP contribution in [0.5, 0.6) is 5.75 Å². The fourth-order valence-electron chi connectivity index (χ4n) is 2.66. The first kappa shape index (κ1) is 21.3. The van der Waals surface area contributed by atoms with E-state index >= 15 is 0 Å². The Hall–Kier alpha value is -3.40. The molecule has 10 heteroatoms. The molecule has 0 radical (unpaired) electrons. The standard InChI is InChI=1S/C20H22N6O3S/c1-26-20(23-24-25-26)30-13-18(27)22-17-6-4-3-5-16(17)19(28)21-12-11-14-7-9-15(29-2)10-8-14/h3-10H,11-13H2,1-2H3,(H,21,28)(H,22,27). The molecule has 0 aliphatic rings. The lowest BCUT2D eigenvalue weighted by Crippen LogP contribution is -2.27. The summed E-state index contributed by atoms with van der Waals surface area (Å²) >= 11 is 1.21. The first-order valence-corrected chi connectivity index (χ1v) is 10.2. The largest absolute Gasteiger partial charge is 0.497 e. The number of carbonyl (C=O) groups excluding carboxylic acids is 2. The van der Waals surface area contributed by atoms with Crippen molar-refractivity contribution in [3.05, 3.63) is 59.7 Å². The number of nitrogens with zero attached hydrogens (tertiary/aromatic N) is 4. The number of thioether (sulfide) groups is 1. The van der Waals surface area contributed by atoms with E-state index in [0.29, 0.717) is 29.4 Å². The minimum absolute atomic E-state index is 0.127. The van der Waals surface area contributed by atoms with E-state index in [-0.39, 0.29) is 17.6 Å². The van der Waals surface area contributed by atoms with Gasteiger partial charge < -0.3 is 15.4 Å².